The van der Waals surface area contributed by atoms with E-state index in [4.69, 9.17) is 5.11 Å². The Bertz CT molecular complexity index is 592. The molecule has 19 heavy (non-hydrogen) atoms. The van der Waals surface area contributed by atoms with Crippen molar-refractivity contribution in [3.8, 4) is 0 Å². The lowest BCUT2D eigenvalue weighted by Crippen LogP contribution is -2.37. The first-order valence-corrected chi connectivity index (χ1v) is 6.89. The highest BCUT2D eigenvalue weighted by atomic mass is 32.2. The molecule has 1 rings (SSSR count). The van der Waals surface area contributed by atoms with Gasteiger partial charge < -0.3 is 10.4 Å². The molecule has 0 aliphatic rings. The van der Waals surface area contributed by atoms with Gasteiger partial charge in [0.2, 0.25) is 5.91 Å². The maximum atomic E-state index is 11.8. The Morgan fingerprint density at radius 2 is 1.84 bits per heavy atom. The second-order valence-electron chi connectivity index (χ2n) is 3.73. The molecule has 1 amide bonds. The zero-order valence-electron chi connectivity index (χ0n) is 10.1. The molecule has 0 heterocycles. The normalized spacial score (nSPS) is 13.1. The predicted octanol–water partition coefficient (Wildman–Crippen LogP) is 0.563. The van der Waals surface area contributed by atoms with Gasteiger partial charge in [-0.1, -0.05) is 18.2 Å². The van der Waals surface area contributed by atoms with Gasteiger partial charge in [0, 0.05) is 11.5 Å². The van der Waals surface area contributed by atoms with Gasteiger partial charge in [0.25, 0.3) is 0 Å². The smallest absolute Gasteiger partial charge is 0.325 e. The molecule has 1 unspecified atom stereocenters. The van der Waals surface area contributed by atoms with E-state index in [0.717, 1.165) is 11.5 Å². The second kappa shape index (κ2) is 6.14. The summed E-state index contributed by atoms with van der Waals surface area (Å²) >= 11 is 0. The van der Waals surface area contributed by atoms with Gasteiger partial charge in [-0.3, -0.25) is 9.59 Å². The maximum Gasteiger partial charge on any atom is 0.325 e. The number of carboxylic acid groups (broad SMARTS) is 1. The summed E-state index contributed by atoms with van der Waals surface area (Å²) in [5.74, 6) is -1.98. The molecule has 0 aliphatic heterocycles. The van der Waals surface area contributed by atoms with Crippen LogP contribution in [0.4, 0.5) is 0 Å². The van der Waals surface area contributed by atoms with Crippen LogP contribution in [0.3, 0.4) is 0 Å². The molecule has 0 aromatic heterocycles. The zero-order valence-corrected chi connectivity index (χ0v) is 10.9. The lowest BCUT2D eigenvalue weighted by atomic mass is 10.3. The zero-order chi connectivity index (χ0) is 14.5. The molecule has 0 aliphatic carbocycles. The molecule has 0 saturated heterocycles. The van der Waals surface area contributed by atoms with Crippen molar-refractivity contribution in [2.45, 2.75) is 17.9 Å². The van der Waals surface area contributed by atoms with Gasteiger partial charge in [-0.05, 0) is 19.1 Å². The number of hydrogen-bond donors (Lipinski definition) is 2. The molecule has 0 fully saturated rings. The molecule has 0 saturated carbocycles. The Morgan fingerprint density at radius 1 is 1.26 bits per heavy atom. The Labute approximate surface area is 110 Å². The van der Waals surface area contributed by atoms with E-state index in [9.17, 15) is 18.0 Å². The number of sulfone groups is 1. The quantitative estimate of drug-likeness (QED) is 0.769. The van der Waals surface area contributed by atoms with E-state index in [2.05, 4.69) is 5.32 Å². The maximum absolute atomic E-state index is 11.8. The van der Waals surface area contributed by atoms with Gasteiger partial charge in [0.05, 0.1) is 4.90 Å². The highest BCUT2D eigenvalue weighted by Crippen LogP contribution is 2.10. The molecule has 1 aromatic carbocycles. The molecular formula is C12H13NO5S. The van der Waals surface area contributed by atoms with Crippen molar-refractivity contribution >= 4 is 21.7 Å². The summed E-state index contributed by atoms with van der Waals surface area (Å²) in [6.45, 7) is 1.28. The fraction of sp³-hybridized carbons (Fsp3) is 0.167. The van der Waals surface area contributed by atoms with Gasteiger partial charge in [0.15, 0.2) is 9.84 Å². The number of carboxylic acids is 1. The summed E-state index contributed by atoms with van der Waals surface area (Å²) in [5, 5.41) is 11.4. The number of rotatable bonds is 5. The first kappa shape index (κ1) is 14.9. The highest BCUT2D eigenvalue weighted by molar-refractivity contribution is 7.94. The van der Waals surface area contributed by atoms with Gasteiger partial charge in [-0.25, -0.2) is 8.42 Å². The molecule has 6 nitrogen and oxygen atoms in total. The van der Waals surface area contributed by atoms with Crippen LogP contribution in [0.1, 0.15) is 6.92 Å². The predicted molar refractivity (Wildman–Crippen MR) is 68.0 cm³/mol. The van der Waals surface area contributed by atoms with E-state index in [1.54, 1.807) is 18.2 Å². The van der Waals surface area contributed by atoms with E-state index in [-0.39, 0.29) is 4.90 Å². The van der Waals surface area contributed by atoms with Crippen molar-refractivity contribution in [1.82, 2.24) is 5.32 Å². The third-order valence-electron chi connectivity index (χ3n) is 2.20. The average Bonchev–Trinajstić information content (AvgIpc) is 2.37. The molecule has 1 aromatic rings. The number of aliphatic carboxylic acids is 1. The van der Waals surface area contributed by atoms with E-state index < -0.39 is 27.8 Å². The van der Waals surface area contributed by atoms with Crippen LogP contribution in [-0.2, 0) is 19.4 Å². The first-order valence-electron chi connectivity index (χ1n) is 5.34. The van der Waals surface area contributed by atoms with Crippen LogP contribution < -0.4 is 5.32 Å². The summed E-state index contributed by atoms with van der Waals surface area (Å²) in [5.41, 5.74) is 0. The molecule has 7 heteroatoms. The molecule has 0 bridgehead atoms. The third-order valence-corrected chi connectivity index (χ3v) is 3.62. The van der Waals surface area contributed by atoms with Crippen LogP contribution >= 0.6 is 0 Å². The molecule has 102 valence electrons. The molecule has 0 spiro atoms. The number of benzene rings is 1. The number of amides is 1. The van der Waals surface area contributed by atoms with Gasteiger partial charge in [0.1, 0.15) is 6.04 Å². The topological polar surface area (TPSA) is 101 Å². The highest BCUT2D eigenvalue weighted by Gasteiger charge is 2.14. The minimum Gasteiger partial charge on any atom is -0.480 e. The van der Waals surface area contributed by atoms with Crippen molar-refractivity contribution in [3.63, 3.8) is 0 Å². The summed E-state index contributed by atoms with van der Waals surface area (Å²) in [4.78, 5) is 21.9. The standard InChI is InChI=1S/C12H13NO5S/c1-9(12(15)16)13-11(14)7-8-19(17,18)10-5-3-2-4-6-10/h2-9H,1H3,(H,13,14)(H,15,16)/b8-7+. The fourth-order valence-corrected chi connectivity index (χ4v) is 2.16. The Hall–Kier alpha value is -2.15. The Morgan fingerprint density at radius 3 is 2.37 bits per heavy atom. The summed E-state index contributed by atoms with van der Waals surface area (Å²) < 4.78 is 23.5. The molecule has 2 N–H and O–H groups in total. The number of carbonyl (C=O) groups is 2. The Kier molecular flexibility index (Phi) is 4.82. The third kappa shape index (κ3) is 4.55. The first-order chi connectivity index (χ1) is 8.83. The minimum atomic E-state index is -3.70. The van der Waals surface area contributed by atoms with Crippen molar-refractivity contribution in [2.24, 2.45) is 0 Å². The van der Waals surface area contributed by atoms with Crippen LogP contribution in [0.25, 0.3) is 0 Å². The summed E-state index contributed by atoms with van der Waals surface area (Å²) in [7, 11) is -3.70. The van der Waals surface area contributed by atoms with Gasteiger partial charge in [-0.2, -0.15) is 0 Å². The molecule has 0 radical (unpaired) electrons. The summed E-state index contributed by atoms with van der Waals surface area (Å²) in [6.07, 6.45) is 0.793. The van der Waals surface area contributed by atoms with E-state index >= 15 is 0 Å². The van der Waals surface area contributed by atoms with Gasteiger partial charge >= 0.3 is 5.97 Å². The molecular weight excluding hydrogens is 270 g/mol. The van der Waals surface area contributed by atoms with Crippen molar-refractivity contribution in [3.05, 3.63) is 41.8 Å². The Balaban J connectivity index is 2.77. The van der Waals surface area contributed by atoms with E-state index in [1.165, 1.54) is 19.1 Å². The lowest BCUT2D eigenvalue weighted by molar-refractivity contribution is -0.140. The molecule has 1 atom stereocenters. The number of nitrogens with one attached hydrogen (secondary N) is 1. The van der Waals surface area contributed by atoms with Crippen molar-refractivity contribution < 1.29 is 23.1 Å². The number of hydrogen-bond acceptors (Lipinski definition) is 4. The van der Waals surface area contributed by atoms with Crippen molar-refractivity contribution in [2.75, 3.05) is 0 Å². The average molecular weight is 283 g/mol. The fourth-order valence-electron chi connectivity index (χ4n) is 1.16. The van der Waals surface area contributed by atoms with Crippen LogP contribution in [0.5, 0.6) is 0 Å². The van der Waals surface area contributed by atoms with Crippen LogP contribution in [0.2, 0.25) is 0 Å². The second-order valence-corrected chi connectivity index (χ2v) is 5.56. The SMILES string of the molecule is CC(NC(=O)/C=C/S(=O)(=O)c1ccccc1)C(=O)O. The van der Waals surface area contributed by atoms with Crippen molar-refractivity contribution in [1.29, 1.82) is 0 Å². The number of carbonyl (C=O) groups excluding carboxylic acids is 1. The van der Waals surface area contributed by atoms with E-state index in [0.29, 0.717) is 0 Å². The van der Waals surface area contributed by atoms with Crippen LogP contribution in [0, 0.1) is 0 Å². The lowest BCUT2D eigenvalue weighted by Gasteiger charge is -2.06. The summed E-state index contributed by atoms with van der Waals surface area (Å²) in [6, 6.07) is 6.51. The van der Waals surface area contributed by atoms with E-state index in [1.807, 2.05) is 0 Å². The monoisotopic (exact) mass is 283 g/mol. The largest absolute Gasteiger partial charge is 0.480 e. The van der Waals surface area contributed by atoms with Gasteiger partial charge in [-0.15, -0.1) is 0 Å². The minimum absolute atomic E-state index is 0.0605. The van der Waals surface area contributed by atoms with Crippen LogP contribution in [0.15, 0.2) is 46.7 Å². The van der Waals surface area contributed by atoms with Crippen LogP contribution in [-0.4, -0.2) is 31.4 Å².